The Morgan fingerprint density at radius 2 is 2.12 bits per heavy atom. The second-order valence-corrected chi connectivity index (χ2v) is 3.36. The molecule has 0 spiro atoms. The molecule has 0 aliphatic heterocycles. The molecule has 0 fully saturated rings. The molecule has 0 N–H and O–H groups in total. The first-order valence-corrected chi connectivity index (χ1v) is 5.18. The summed E-state index contributed by atoms with van der Waals surface area (Å²) in [5.41, 5.74) is -0.0501. The Balaban J connectivity index is 2.56. The fourth-order valence-electron chi connectivity index (χ4n) is 1.19. The highest BCUT2D eigenvalue weighted by molar-refractivity contribution is 5.89. The van der Waals surface area contributed by atoms with E-state index in [4.69, 9.17) is 9.47 Å². The third-order valence-electron chi connectivity index (χ3n) is 1.96. The Morgan fingerprint density at radius 3 is 2.75 bits per heavy atom. The van der Waals surface area contributed by atoms with E-state index >= 15 is 0 Å². The topological polar surface area (TPSA) is 35.5 Å². The molecule has 1 atom stereocenters. The van der Waals surface area contributed by atoms with Crippen LogP contribution in [0.3, 0.4) is 0 Å². The first kappa shape index (κ1) is 12.6. The average Bonchev–Trinajstić information content (AvgIpc) is 2.26. The van der Waals surface area contributed by atoms with Crippen molar-refractivity contribution in [3.8, 4) is 0 Å². The Bertz CT molecular complexity index is 352. The lowest BCUT2D eigenvalue weighted by molar-refractivity contribution is 0.00401. The van der Waals surface area contributed by atoms with Gasteiger partial charge in [-0.3, -0.25) is 0 Å². The number of rotatable bonds is 5. The van der Waals surface area contributed by atoms with Gasteiger partial charge in [-0.2, -0.15) is 0 Å². The van der Waals surface area contributed by atoms with Crippen molar-refractivity contribution in [1.82, 2.24) is 0 Å². The van der Waals surface area contributed by atoms with E-state index in [1.807, 2.05) is 6.92 Å². The van der Waals surface area contributed by atoms with Crippen molar-refractivity contribution in [1.29, 1.82) is 0 Å². The molecular formula is C12H15FO3. The molecule has 0 heterocycles. The fourth-order valence-corrected chi connectivity index (χ4v) is 1.19. The Hall–Kier alpha value is -1.42. The molecule has 0 aromatic heterocycles. The van der Waals surface area contributed by atoms with Gasteiger partial charge >= 0.3 is 5.97 Å². The van der Waals surface area contributed by atoms with E-state index in [0.717, 1.165) is 0 Å². The van der Waals surface area contributed by atoms with Crippen molar-refractivity contribution in [3.05, 3.63) is 35.6 Å². The lowest BCUT2D eigenvalue weighted by atomic mass is 10.2. The summed E-state index contributed by atoms with van der Waals surface area (Å²) in [7, 11) is 0. The van der Waals surface area contributed by atoms with Crippen molar-refractivity contribution < 1.29 is 18.7 Å². The van der Waals surface area contributed by atoms with Gasteiger partial charge in [-0.25, -0.2) is 9.18 Å². The van der Waals surface area contributed by atoms with Gasteiger partial charge in [0.25, 0.3) is 0 Å². The first-order valence-electron chi connectivity index (χ1n) is 5.18. The zero-order chi connectivity index (χ0) is 12.0. The molecule has 0 bridgehead atoms. The van der Waals surface area contributed by atoms with Gasteiger partial charge in [0.1, 0.15) is 11.9 Å². The lowest BCUT2D eigenvalue weighted by Gasteiger charge is -2.13. The number of esters is 1. The molecule has 0 amide bonds. The zero-order valence-corrected chi connectivity index (χ0v) is 9.40. The maximum Gasteiger partial charge on any atom is 0.341 e. The zero-order valence-electron chi connectivity index (χ0n) is 9.40. The van der Waals surface area contributed by atoms with Crippen LogP contribution >= 0.6 is 0 Å². The number of carbonyl (C=O) groups is 1. The molecule has 0 saturated heterocycles. The quantitative estimate of drug-likeness (QED) is 0.723. The summed E-state index contributed by atoms with van der Waals surface area (Å²) in [6.45, 7) is 4.43. The molecule has 1 aromatic carbocycles. The molecule has 88 valence electrons. The SMILES string of the molecule is CCOCC(C)OC(=O)c1ccccc1F. The molecule has 1 unspecified atom stereocenters. The number of hydrogen-bond acceptors (Lipinski definition) is 3. The minimum Gasteiger partial charge on any atom is -0.457 e. The standard InChI is InChI=1S/C12H15FO3/c1-3-15-8-9(2)16-12(14)10-6-4-5-7-11(10)13/h4-7,9H,3,8H2,1-2H3. The number of hydrogen-bond donors (Lipinski definition) is 0. The molecule has 1 aromatic rings. The molecular weight excluding hydrogens is 211 g/mol. The highest BCUT2D eigenvalue weighted by Crippen LogP contribution is 2.09. The molecule has 4 heteroatoms. The van der Waals surface area contributed by atoms with E-state index in [0.29, 0.717) is 13.2 Å². The van der Waals surface area contributed by atoms with Crippen LogP contribution in [0.25, 0.3) is 0 Å². The average molecular weight is 226 g/mol. The van der Waals surface area contributed by atoms with Gasteiger partial charge in [0.05, 0.1) is 12.2 Å². The van der Waals surface area contributed by atoms with Gasteiger partial charge in [0, 0.05) is 6.61 Å². The second-order valence-electron chi connectivity index (χ2n) is 3.36. The maximum atomic E-state index is 13.2. The number of halogens is 1. The van der Waals surface area contributed by atoms with Crippen LogP contribution in [-0.4, -0.2) is 25.3 Å². The van der Waals surface area contributed by atoms with Gasteiger partial charge in [0.2, 0.25) is 0 Å². The second kappa shape index (κ2) is 6.23. The van der Waals surface area contributed by atoms with Crippen molar-refractivity contribution in [2.45, 2.75) is 20.0 Å². The minimum absolute atomic E-state index is 0.0501. The van der Waals surface area contributed by atoms with Crippen LogP contribution in [0, 0.1) is 5.82 Å². The Kier molecular flexibility index (Phi) is 4.92. The molecule has 0 saturated carbocycles. The molecule has 3 nitrogen and oxygen atoms in total. The van der Waals surface area contributed by atoms with E-state index in [9.17, 15) is 9.18 Å². The van der Waals surface area contributed by atoms with E-state index in [1.54, 1.807) is 13.0 Å². The van der Waals surface area contributed by atoms with E-state index in [1.165, 1.54) is 18.2 Å². The number of ether oxygens (including phenoxy) is 2. The van der Waals surface area contributed by atoms with Gasteiger partial charge in [0.15, 0.2) is 0 Å². The van der Waals surface area contributed by atoms with Crippen molar-refractivity contribution >= 4 is 5.97 Å². The molecule has 0 aliphatic carbocycles. The van der Waals surface area contributed by atoms with Crippen LogP contribution in [-0.2, 0) is 9.47 Å². The van der Waals surface area contributed by atoms with Crippen LogP contribution in [0.2, 0.25) is 0 Å². The largest absolute Gasteiger partial charge is 0.457 e. The smallest absolute Gasteiger partial charge is 0.341 e. The summed E-state index contributed by atoms with van der Waals surface area (Å²) in [5.74, 6) is -1.23. The van der Waals surface area contributed by atoms with Crippen molar-refractivity contribution in [3.63, 3.8) is 0 Å². The normalized spacial score (nSPS) is 12.2. The third-order valence-corrected chi connectivity index (χ3v) is 1.96. The molecule has 1 rings (SSSR count). The molecule has 16 heavy (non-hydrogen) atoms. The van der Waals surface area contributed by atoms with Gasteiger partial charge in [-0.05, 0) is 26.0 Å². The van der Waals surface area contributed by atoms with Gasteiger partial charge < -0.3 is 9.47 Å². The maximum absolute atomic E-state index is 13.2. The van der Waals surface area contributed by atoms with E-state index < -0.39 is 11.8 Å². The predicted molar refractivity (Wildman–Crippen MR) is 57.8 cm³/mol. The van der Waals surface area contributed by atoms with Crippen LogP contribution in [0.4, 0.5) is 4.39 Å². The van der Waals surface area contributed by atoms with Gasteiger partial charge in [-0.15, -0.1) is 0 Å². The van der Waals surface area contributed by atoms with Gasteiger partial charge in [-0.1, -0.05) is 12.1 Å². The summed E-state index contributed by atoms with van der Waals surface area (Å²) in [6, 6.07) is 5.73. The van der Waals surface area contributed by atoms with Crippen LogP contribution in [0.1, 0.15) is 24.2 Å². The predicted octanol–water partition coefficient (Wildman–Crippen LogP) is 2.41. The Morgan fingerprint density at radius 1 is 1.44 bits per heavy atom. The summed E-state index contributed by atoms with van der Waals surface area (Å²) in [5, 5.41) is 0. The number of carbonyl (C=O) groups excluding carboxylic acids is 1. The van der Waals surface area contributed by atoms with E-state index in [-0.39, 0.29) is 11.7 Å². The van der Waals surface area contributed by atoms with Crippen LogP contribution < -0.4 is 0 Å². The fraction of sp³-hybridized carbons (Fsp3) is 0.417. The minimum atomic E-state index is -0.662. The summed E-state index contributed by atoms with van der Waals surface area (Å²) in [4.78, 5) is 11.5. The monoisotopic (exact) mass is 226 g/mol. The summed E-state index contributed by atoms with van der Waals surface area (Å²) < 4.78 is 23.3. The van der Waals surface area contributed by atoms with Crippen LogP contribution in [0.15, 0.2) is 24.3 Å². The number of benzene rings is 1. The van der Waals surface area contributed by atoms with E-state index in [2.05, 4.69) is 0 Å². The highest BCUT2D eigenvalue weighted by Gasteiger charge is 2.15. The molecule has 0 aliphatic rings. The van der Waals surface area contributed by atoms with Crippen molar-refractivity contribution in [2.75, 3.05) is 13.2 Å². The van der Waals surface area contributed by atoms with Crippen LogP contribution in [0.5, 0.6) is 0 Å². The lowest BCUT2D eigenvalue weighted by Crippen LogP contribution is -2.21. The first-order chi connectivity index (χ1) is 7.65. The Labute approximate surface area is 94.2 Å². The summed E-state index contributed by atoms with van der Waals surface area (Å²) >= 11 is 0. The third kappa shape index (κ3) is 3.62. The van der Waals surface area contributed by atoms with Crippen molar-refractivity contribution in [2.24, 2.45) is 0 Å². The highest BCUT2D eigenvalue weighted by atomic mass is 19.1. The molecule has 0 radical (unpaired) electrons. The summed E-state index contributed by atoms with van der Waals surface area (Å²) in [6.07, 6.45) is -0.382.